The molecule has 1 aliphatic heterocycles. The van der Waals surface area contributed by atoms with Crippen LogP contribution in [0.3, 0.4) is 0 Å². The number of halogens is 1. The number of amides is 3. The van der Waals surface area contributed by atoms with Crippen molar-refractivity contribution in [2.45, 2.75) is 58.2 Å². The Labute approximate surface area is 201 Å². The number of benzene rings is 1. The van der Waals surface area contributed by atoms with Crippen LogP contribution in [0.25, 0.3) is 0 Å². The van der Waals surface area contributed by atoms with Crippen molar-refractivity contribution in [3.8, 4) is 5.75 Å². The minimum Gasteiger partial charge on any atom is -0.501 e. The van der Waals surface area contributed by atoms with Gasteiger partial charge in [0.15, 0.2) is 5.69 Å². The summed E-state index contributed by atoms with van der Waals surface area (Å²) in [6.45, 7) is 4.30. The van der Waals surface area contributed by atoms with Crippen LogP contribution in [0.2, 0.25) is 0 Å². The second kappa shape index (κ2) is 10.7. The second-order valence-electron chi connectivity index (χ2n) is 8.41. The maximum atomic E-state index is 13.1. The summed E-state index contributed by atoms with van der Waals surface area (Å²) in [4.78, 5) is 54.4. The summed E-state index contributed by atoms with van der Waals surface area (Å²) in [5.74, 6) is -3.35. The fraction of sp³-hybridized carbons (Fsp3) is 0.458. The van der Waals surface area contributed by atoms with Crippen molar-refractivity contribution in [3.63, 3.8) is 0 Å². The van der Waals surface area contributed by atoms with Crippen molar-refractivity contribution in [2.75, 3.05) is 7.05 Å². The summed E-state index contributed by atoms with van der Waals surface area (Å²) in [6, 6.07) is 5.50. The summed E-state index contributed by atoms with van der Waals surface area (Å²) in [5, 5.41) is 18.0. The molecule has 10 nitrogen and oxygen atoms in total. The molecule has 1 aliphatic carbocycles. The van der Waals surface area contributed by atoms with Gasteiger partial charge in [-0.25, -0.2) is 9.37 Å². The van der Waals surface area contributed by atoms with Crippen molar-refractivity contribution in [3.05, 3.63) is 57.5 Å². The minimum absolute atomic E-state index is 0.0271. The maximum absolute atomic E-state index is 13.1. The lowest BCUT2D eigenvalue weighted by molar-refractivity contribution is -0.140. The molecule has 4 rings (SSSR count). The van der Waals surface area contributed by atoms with Crippen molar-refractivity contribution >= 4 is 17.7 Å². The highest BCUT2D eigenvalue weighted by Crippen LogP contribution is 2.45. The van der Waals surface area contributed by atoms with Crippen LogP contribution >= 0.6 is 0 Å². The van der Waals surface area contributed by atoms with Crippen molar-refractivity contribution < 1.29 is 23.9 Å². The molecule has 0 spiro atoms. The first-order valence-corrected chi connectivity index (χ1v) is 11.7. The first kappa shape index (κ1) is 25.9. The van der Waals surface area contributed by atoms with Crippen LogP contribution in [0.5, 0.6) is 5.75 Å². The Morgan fingerprint density at radius 1 is 1.17 bits per heavy atom. The largest absolute Gasteiger partial charge is 0.501 e. The molecule has 2 unspecified atom stereocenters. The number of nitrogens with one attached hydrogen (secondary N) is 3. The van der Waals surface area contributed by atoms with Gasteiger partial charge in [-0.2, -0.15) is 0 Å². The van der Waals surface area contributed by atoms with Crippen molar-refractivity contribution in [2.24, 2.45) is 5.92 Å². The third-order valence-electron chi connectivity index (χ3n) is 6.32. The molecule has 1 fully saturated rings. The molecule has 2 heterocycles. The van der Waals surface area contributed by atoms with Gasteiger partial charge in [-0.1, -0.05) is 26.0 Å². The Kier molecular flexibility index (Phi) is 7.88. The number of nitrogens with zero attached hydrogens (tertiary/aromatic N) is 2. The van der Waals surface area contributed by atoms with E-state index in [9.17, 15) is 28.7 Å². The van der Waals surface area contributed by atoms with E-state index in [1.54, 1.807) is 0 Å². The molecule has 0 saturated heterocycles. The molecule has 3 amide bonds. The highest BCUT2D eigenvalue weighted by molar-refractivity contribution is 6.35. The van der Waals surface area contributed by atoms with E-state index in [-0.39, 0.29) is 24.8 Å². The van der Waals surface area contributed by atoms with E-state index in [2.05, 4.69) is 20.9 Å². The zero-order chi connectivity index (χ0) is 25.8. The molecule has 2 aliphatic rings. The third-order valence-corrected chi connectivity index (χ3v) is 6.32. The number of hydrogen-bond acceptors (Lipinski definition) is 6. The molecule has 35 heavy (non-hydrogen) atoms. The van der Waals surface area contributed by atoms with E-state index in [4.69, 9.17) is 0 Å². The van der Waals surface area contributed by atoms with E-state index in [0.717, 1.165) is 6.42 Å². The molecule has 1 aromatic heterocycles. The average molecular weight is 488 g/mol. The van der Waals surface area contributed by atoms with Gasteiger partial charge in [0.05, 0.1) is 5.54 Å². The Morgan fingerprint density at radius 2 is 1.86 bits per heavy atom. The van der Waals surface area contributed by atoms with E-state index < -0.39 is 46.1 Å². The van der Waals surface area contributed by atoms with E-state index in [0.29, 0.717) is 24.8 Å². The monoisotopic (exact) mass is 487 g/mol. The van der Waals surface area contributed by atoms with E-state index in [1.165, 1.54) is 35.9 Å². The SMILES string of the molecule is CC.CNC(=O)C(=O)NC12CCC(CCn3c1nc(C(=O)NCc1ccc(F)cc1)c(O)c3=O)C2. The second-order valence-corrected chi connectivity index (χ2v) is 8.41. The topological polar surface area (TPSA) is 142 Å². The van der Waals surface area contributed by atoms with E-state index in [1.807, 2.05) is 13.8 Å². The summed E-state index contributed by atoms with van der Waals surface area (Å²) in [7, 11) is 1.34. The molecule has 4 N–H and O–H groups in total. The third kappa shape index (κ3) is 5.18. The lowest BCUT2D eigenvalue weighted by Gasteiger charge is -2.31. The minimum atomic E-state index is -1.11. The predicted octanol–water partition coefficient (Wildman–Crippen LogP) is 1.31. The fourth-order valence-electron chi connectivity index (χ4n) is 4.61. The molecule has 2 bridgehead atoms. The molecular weight excluding hydrogens is 457 g/mol. The summed E-state index contributed by atoms with van der Waals surface area (Å²) in [5.41, 5.74) is -1.74. The van der Waals surface area contributed by atoms with Crippen LogP contribution in [0.1, 0.15) is 61.4 Å². The first-order chi connectivity index (χ1) is 16.7. The van der Waals surface area contributed by atoms with Crippen molar-refractivity contribution in [1.29, 1.82) is 0 Å². The highest BCUT2D eigenvalue weighted by Gasteiger charge is 2.48. The van der Waals surface area contributed by atoms with Gasteiger partial charge >= 0.3 is 11.8 Å². The van der Waals surface area contributed by atoms with Crippen molar-refractivity contribution in [1.82, 2.24) is 25.5 Å². The smallest absolute Gasteiger partial charge is 0.310 e. The molecule has 2 aromatic rings. The number of aromatic hydroxyl groups is 1. The molecule has 1 aromatic carbocycles. The van der Waals surface area contributed by atoms with Gasteiger partial charge in [-0.3, -0.25) is 23.7 Å². The molecule has 11 heteroatoms. The molecule has 2 atom stereocenters. The summed E-state index contributed by atoms with van der Waals surface area (Å²) in [6.07, 6.45) is 2.30. The quantitative estimate of drug-likeness (QED) is 0.479. The molecular formula is C24H30FN5O5. The van der Waals surface area contributed by atoms with Crippen LogP contribution < -0.4 is 21.5 Å². The van der Waals surface area contributed by atoms with Crippen LogP contribution in [0.4, 0.5) is 4.39 Å². The number of rotatable bonds is 4. The van der Waals surface area contributed by atoms with Gasteiger partial charge < -0.3 is 21.1 Å². The lowest BCUT2D eigenvalue weighted by atomic mass is 9.94. The van der Waals surface area contributed by atoms with Gasteiger partial charge in [-0.15, -0.1) is 0 Å². The molecule has 0 radical (unpaired) electrons. The number of carbonyl (C=O) groups is 3. The Hall–Kier alpha value is -3.76. The maximum Gasteiger partial charge on any atom is 0.310 e. The van der Waals surface area contributed by atoms with Crippen LogP contribution in [-0.2, 0) is 28.2 Å². The predicted molar refractivity (Wildman–Crippen MR) is 125 cm³/mol. The zero-order valence-electron chi connectivity index (χ0n) is 20.0. The zero-order valence-corrected chi connectivity index (χ0v) is 20.0. The highest BCUT2D eigenvalue weighted by atomic mass is 19.1. The Morgan fingerprint density at radius 3 is 2.51 bits per heavy atom. The van der Waals surface area contributed by atoms with Crippen LogP contribution in [0, 0.1) is 11.7 Å². The fourth-order valence-corrected chi connectivity index (χ4v) is 4.61. The number of aromatic nitrogens is 2. The summed E-state index contributed by atoms with van der Waals surface area (Å²) < 4.78 is 14.4. The molecule has 1 saturated carbocycles. The first-order valence-electron chi connectivity index (χ1n) is 11.7. The Balaban J connectivity index is 0.00000167. The van der Waals surface area contributed by atoms with Gasteiger partial charge in [0.25, 0.3) is 11.5 Å². The lowest BCUT2D eigenvalue weighted by Crippen LogP contribution is -2.52. The number of hydrogen-bond donors (Lipinski definition) is 4. The average Bonchev–Trinajstić information content (AvgIpc) is 3.20. The van der Waals surface area contributed by atoms with Gasteiger partial charge in [0, 0.05) is 20.1 Å². The normalized spacial score (nSPS) is 19.9. The van der Waals surface area contributed by atoms with Gasteiger partial charge in [-0.05, 0) is 49.3 Å². The Bertz CT molecular complexity index is 1180. The van der Waals surface area contributed by atoms with E-state index >= 15 is 0 Å². The van der Waals surface area contributed by atoms with Crippen LogP contribution in [-0.4, -0.2) is 39.4 Å². The molecule has 188 valence electrons. The standard InChI is InChI=1S/C22H24FN5O5.C2H6/c1-24-18(31)19(32)27-22-8-6-12(10-22)7-9-28-20(33)16(29)15(26-21(22)28)17(30)25-11-13-2-4-14(23)5-3-13;1-2/h2-5,12,29H,6-11H2,1H3,(H,24,31)(H,25,30)(H,27,32);1-2H3. The van der Waals surface area contributed by atoms with Gasteiger partial charge in [0.2, 0.25) is 5.75 Å². The van der Waals surface area contributed by atoms with Gasteiger partial charge in [0.1, 0.15) is 11.6 Å². The number of carbonyl (C=O) groups excluding carboxylic acids is 3. The van der Waals surface area contributed by atoms with Crippen LogP contribution in [0.15, 0.2) is 29.1 Å². The number of fused-ring (bicyclic) bond motifs is 4. The number of likely N-dealkylation sites (N-methyl/N-ethyl adjacent to an activating group) is 1. The summed E-state index contributed by atoms with van der Waals surface area (Å²) >= 11 is 0.